The van der Waals surface area contributed by atoms with Crippen LogP contribution in [0.2, 0.25) is 5.15 Å². The van der Waals surface area contributed by atoms with Crippen molar-refractivity contribution >= 4 is 23.4 Å². The smallest absolute Gasteiger partial charge is 0.194 e. The summed E-state index contributed by atoms with van der Waals surface area (Å²) in [7, 11) is 0. The lowest BCUT2D eigenvalue weighted by molar-refractivity contribution is 0.917. The number of aryl methyl sites for hydroxylation is 2. The first-order valence-corrected chi connectivity index (χ1v) is 5.81. The molecule has 0 saturated heterocycles. The van der Waals surface area contributed by atoms with Crippen LogP contribution in [0.25, 0.3) is 0 Å². The number of nitrogens with zero attached hydrogens (tertiary/aromatic N) is 4. The summed E-state index contributed by atoms with van der Waals surface area (Å²) in [5.74, 6) is 0.641. The highest BCUT2D eigenvalue weighted by Gasteiger charge is 2.04. The zero-order chi connectivity index (χ0) is 11.5. The molecule has 0 aliphatic rings. The fourth-order valence-corrected chi connectivity index (χ4v) is 2.26. The molecular formula is C10H9ClN4S. The van der Waals surface area contributed by atoms with Crippen LogP contribution in [0.15, 0.2) is 28.5 Å². The molecule has 4 nitrogen and oxygen atoms in total. The summed E-state index contributed by atoms with van der Waals surface area (Å²) < 4.78 is 0. The number of rotatable bonds is 2. The van der Waals surface area contributed by atoms with Crippen LogP contribution in [0.3, 0.4) is 0 Å². The molecule has 2 rings (SSSR count). The van der Waals surface area contributed by atoms with Gasteiger partial charge in [-0.2, -0.15) is 0 Å². The lowest BCUT2D eigenvalue weighted by Crippen LogP contribution is -1.92. The van der Waals surface area contributed by atoms with Gasteiger partial charge in [-0.15, -0.1) is 0 Å². The summed E-state index contributed by atoms with van der Waals surface area (Å²) in [6, 6.07) is 3.55. The molecule has 0 atom stereocenters. The maximum Gasteiger partial charge on any atom is 0.194 e. The molecule has 0 spiro atoms. The highest BCUT2D eigenvalue weighted by Crippen LogP contribution is 2.24. The second-order valence-corrected chi connectivity index (χ2v) is 4.53. The summed E-state index contributed by atoms with van der Waals surface area (Å²) in [6.07, 6.45) is 1.72. The number of hydrogen-bond donors (Lipinski definition) is 0. The van der Waals surface area contributed by atoms with Crippen LogP contribution >= 0.6 is 23.4 Å². The fourth-order valence-electron chi connectivity index (χ4n) is 1.13. The van der Waals surface area contributed by atoms with E-state index in [0.717, 1.165) is 10.7 Å². The fraction of sp³-hybridized carbons (Fsp3) is 0.200. The third kappa shape index (κ3) is 2.90. The Hall–Kier alpha value is -1.20. The van der Waals surface area contributed by atoms with Crippen LogP contribution in [0, 0.1) is 13.8 Å². The average Bonchev–Trinajstić information content (AvgIpc) is 2.15. The minimum absolute atomic E-state index is 0.433. The SMILES string of the molecule is Cc1ccnc(Sc2cc(Cl)nc(C)n2)n1. The molecule has 2 aromatic rings. The molecule has 6 heteroatoms. The van der Waals surface area contributed by atoms with Crippen LogP contribution in [-0.4, -0.2) is 19.9 Å². The van der Waals surface area contributed by atoms with Gasteiger partial charge in [-0.05, 0) is 31.7 Å². The first kappa shape index (κ1) is 11.3. The van der Waals surface area contributed by atoms with Crippen LogP contribution in [0.5, 0.6) is 0 Å². The van der Waals surface area contributed by atoms with Crippen LogP contribution in [0.1, 0.15) is 11.5 Å². The number of hydrogen-bond acceptors (Lipinski definition) is 5. The Balaban J connectivity index is 2.27. The molecule has 16 heavy (non-hydrogen) atoms. The van der Waals surface area contributed by atoms with Crippen molar-refractivity contribution < 1.29 is 0 Å². The molecule has 2 heterocycles. The topological polar surface area (TPSA) is 51.6 Å². The Morgan fingerprint density at radius 1 is 1.19 bits per heavy atom. The third-order valence-electron chi connectivity index (χ3n) is 1.75. The summed E-state index contributed by atoms with van der Waals surface area (Å²) >= 11 is 7.21. The van der Waals surface area contributed by atoms with Gasteiger partial charge in [-0.1, -0.05) is 11.6 Å². The Bertz CT molecular complexity index is 498. The van der Waals surface area contributed by atoms with Gasteiger partial charge >= 0.3 is 0 Å². The molecule has 0 fully saturated rings. The van der Waals surface area contributed by atoms with E-state index in [1.54, 1.807) is 19.2 Å². The lowest BCUT2D eigenvalue weighted by Gasteiger charge is -2.01. The van der Waals surface area contributed by atoms with Crippen LogP contribution in [0.4, 0.5) is 0 Å². The molecule has 0 saturated carbocycles. The van der Waals surface area contributed by atoms with Gasteiger partial charge in [0.2, 0.25) is 0 Å². The lowest BCUT2D eigenvalue weighted by atomic mass is 10.5. The van der Waals surface area contributed by atoms with Crippen molar-refractivity contribution in [3.63, 3.8) is 0 Å². The maximum atomic E-state index is 5.84. The molecule has 2 aromatic heterocycles. The summed E-state index contributed by atoms with van der Waals surface area (Å²) in [4.78, 5) is 16.7. The van der Waals surface area contributed by atoms with Gasteiger partial charge < -0.3 is 0 Å². The quantitative estimate of drug-likeness (QED) is 0.608. The zero-order valence-electron chi connectivity index (χ0n) is 8.81. The molecule has 0 aliphatic heterocycles. The minimum atomic E-state index is 0.433. The number of aromatic nitrogens is 4. The van der Waals surface area contributed by atoms with Gasteiger partial charge in [0.25, 0.3) is 0 Å². The Morgan fingerprint density at radius 3 is 2.69 bits per heavy atom. The molecule has 82 valence electrons. The van der Waals surface area contributed by atoms with E-state index in [1.807, 2.05) is 13.0 Å². The van der Waals surface area contributed by atoms with Crippen molar-refractivity contribution in [3.05, 3.63) is 35.0 Å². The minimum Gasteiger partial charge on any atom is -0.231 e. The van der Waals surface area contributed by atoms with Gasteiger partial charge in [0, 0.05) is 18.0 Å². The summed E-state index contributed by atoms with van der Waals surface area (Å²) in [6.45, 7) is 3.72. The van der Waals surface area contributed by atoms with Crippen molar-refractivity contribution in [3.8, 4) is 0 Å². The normalized spacial score (nSPS) is 10.4. The van der Waals surface area contributed by atoms with E-state index in [4.69, 9.17) is 11.6 Å². The molecule has 0 aliphatic carbocycles. The van der Waals surface area contributed by atoms with E-state index < -0.39 is 0 Å². The first-order valence-electron chi connectivity index (χ1n) is 4.62. The zero-order valence-corrected chi connectivity index (χ0v) is 10.4. The van der Waals surface area contributed by atoms with Gasteiger partial charge in [-0.3, -0.25) is 0 Å². The Labute approximate surface area is 103 Å². The Kier molecular flexibility index (Phi) is 3.36. The first-order chi connectivity index (χ1) is 7.63. The molecule has 0 amide bonds. The van der Waals surface area contributed by atoms with Gasteiger partial charge in [0.1, 0.15) is 16.0 Å². The van der Waals surface area contributed by atoms with Gasteiger partial charge in [0.15, 0.2) is 5.16 Å². The molecule has 0 aromatic carbocycles. The monoisotopic (exact) mass is 252 g/mol. The van der Waals surface area contributed by atoms with Crippen molar-refractivity contribution in [1.29, 1.82) is 0 Å². The standard InChI is InChI=1S/C10H9ClN4S/c1-6-3-4-12-10(13-6)16-9-5-8(11)14-7(2)15-9/h3-5H,1-2H3. The molecular weight excluding hydrogens is 244 g/mol. The van der Waals surface area contributed by atoms with E-state index in [-0.39, 0.29) is 0 Å². The van der Waals surface area contributed by atoms with E-state index in [1.165, 1.54) is 11.8 Å². The molecule has 0 unspecified atom stereocenters. The van der Waals surface area contributed by atoms with Crippen molar-refractivity contribution in [2.24, 2.45) is 0 Å². The highest BCUT2D eigenvalue weighted by molar-refractivity contribution is 7.99. The summed E-state index contributed by atoms with van der Waals surface area (Å²) in [5, 5.41) is 1.85. The third-order valence-corrected chi connectivity index (χ3v) is 2.74. The molecule has 0 bridgehead atoms. The van der Waals surface area contributed by atoms with E-state index in [9.17, 15) is 0 Å². The Morgan fingerprint density at radius 2 is 2.00 bits per heavy atom. The van der Waals surface area contributed by atoms with Gasteiger partial charge in [-0.25, -0.2) is 19.9 Å². The average molecular weight is 253 g/mol. The second kappa shape index (κ2) is 4.76. The van der Waals surface area contributed by atoms with Crippen LogP contribution in [-0.2, 0) is 0 Å². The van der Waals surface area contributed by atoms with Crippen molar-refractivity contribution in [2.75, 3.05) is 0 Å². The van der Waals surface area contributed by atoms with Gasteiger partial charge in [0.05, 0.1) is 0 Å². The van der Waals surface area contributed by atoms with E-state index in [0.29, 0.717) is 16.1 Å². The van der Waals surface area contributed by atoms with Crippen LogP contribution < -0.4 is 0 Å². The van der Waals surface area contributed by atoms with Crippen molar-refractivity contribution in [2.45, 2.75) is 24.0 Å². The predicted molar refractivity (Wildman–Crippen MR) is 62.7 cm³/mol. The summed E-state index contributed by atoms with van der Waals surface area (Å²) in [5.41, 5.74) is 0.925. The predicted octanol–water partition coefficient (Wildman–Crippen LogP) is 2.69. The maximum absolute atomic E-state index is 5.84. The highest BCUT2D eigenvalue weighted by atomic mass is 35.5. The second-order valence-electron chi connectivity index (χ2n) is 3.16. The number of halogens is 1. The largest absolute Gasteiger partial charge is 0.231 e. The van der Waals surface area contributed by atoms with Crippen molar-refractivity contribution in [1.82, 2.24) is 19.9 Å². The van der Waals surface area contributed by atoms with E-state index in [2.05, 4.69) is 19.9 Å². The van der Waals surface area contributed by atoms with E-state index >= 15 is 0 Å². The molecule has 0 radical (unpaired) electrons. The molecule has 0 N–H and O–H groups in total.